The Hall–Kier alpha value is -1.73. The molecular formula is C12H12N2O3S2. The third-order valence-corrected chi connectivity index (χ3v) is 4.67. The zero-order chi connectivity index (χ0) is 14.0. The first-order valence-electron chi connectivity index (χ1n) is 5.54. The quantitative estimate of drug-likeness (QED) is 0.909. The maximum absolute atomic E-state index is 11.9. The number of carboxylic acids is 1. The van der Waals surface area contributed by atoms with Gasteiger partial charge in [0.15, 0.2) is 0 Å². The smallest absolute Gasteiger partial charge is 0.347 e. The van der Waals surface area contributed by atoms with Crippen LogP contribution in [0.1, 0.15) is 43.0 Å². The van der Waals surface area contributed by atoms with Crippen LogP contribution in [-0.4, -0.2) is 22.0 Å². The molecule has 0 bridgehead atoms. The number of amides is 1. The van der Waals surface area contributed by atoms with Crippen LogP contribution < -0.4 is 5.32 Å². The van der Waals surface area contributed by atoms with Crippen LogP contribution >= 0.6 is 22.7 Å². The highest BCUT2D eigenvalue weighted by Crippen LogP contribution is 2.24. The van der Waals surface area contributed by atoms with E-state index in [1.165, 1.54) is 11.3 Å². The average molecular weight is 296 g/mol. The first kappa shape index (κ1) is 13.7. The van der Waals surface area contributed by atoms with Crippen molar-refractivity contribution in [3.63, 3.8) is 0 Å². The molecule has 0 fully saturated rings. The topological polar surface area (TPSA) is 79.3 Å². The van der Waals surface area contributed by atoms with E-state index in [9.17, 15) is 9.59 Å². The standard InChI is InChI=1S/C12H12N2O3S2/c1-6-9(12(16)17)19-11(14-6)7(2)13-10(15)8-4-3-5-18-8/h3-5,7H,1-2H3,(H,13,15)(H,16,17). The Balaban J connectivity index is 2.12. The third kappa shape index (κ3) is 2.99. The van der Waals surface area contributed by atoms with E-state index in [0.717, 1.165) is 11.3 Å². The molecule has 0 aliphatic rings. The molecule has 2 aromatic rings. The van der Waals surface area contributed by atoms with Crippen LogP contribution in [0.25, 0.3) is 0 Å². The highest BCUT2D eigenvalue weighted by atomic mass is 32.1. The fourth-order valence-electron chi connectivity index (χ4n) is 1.54. The number of hydrogen-bond acceptors (Lipinski definition) is 5. The summed E-state index contributed by atoms with van der Waals surface area (Å²) >= 11 is 2.45. The molecule has 2 aromatic heterocycles. The molecule has 1 atom stereocenters. The Bertz CT molecular complexity index is 605. The zero-order valence-electron chi connectivity index (χ0n) is 10.3. The van der Waals surface area contributed by atoms with Gasteiger partial charge in [-0.25, -0.2) is 9.78 Å². The molecule has 1 unspecified atom stereocenters. The van der Waals surface area contributed by atoms with E-state index >= 15 is 0 Å². The summed E-state index contributed by atoms with van der Waals surface area (Å²) in [6, 6.07) is 3.23. The summed E-state index contributed by atoms with van der Waals surface area (Å²) in [4.78, 5) is 27.9. The third-order valence-electron chi connectivity index (χ3n) is 2.47. The van der Waals surface area contributed by atoms with Crippen molar-refractivity contribution in [2.45, 2.75) is 19.9 Å². The molecule has 2 rings (SSSR count). The van der Waals surface area contributed by atoms with Gasteiger partial charge in [0.1, 0.15) is 9.88 Å². The number of rotatable bonds is 4. The number of carboxylic acid groups (broad SMARTS) is 1. The number of nitrogens with zero attached hydrogens (tertiary/aromatic N) is 1. The number of thiazole rings is 1. The van der Waals surface area contributed by atoms with Gasteiger partial charge in [0.25, 0.3) is 5.91 Å². The number of hydrogen-bond donors (Lipinski definition) is 2. The molecule has 0 radical (unpaired) electrons. The number of nitrogens with one attached hydrogen (secondary N) is 1. The molecule has 2 N–H and O–H groups in total. The van der Waals surface area contributed by atoms with E-state index in [-0.39, 0.29) is 16.8 Å². The second kappa shape index (κ2) is 5.50. The van der Waals surface area contributed by atoms with E-state index in [4.69, 9.17) is 5.11 Å². The van der Waals surface area contributed by atoms with Crippen LogP contribution in [0.3, 0.4) is 0 Å². The molecule has 2 heterocycles. The Labute approximate surface area is 117 Å². The average Bonchev–Trinajstić information content (AvgIpc) is 2.96. The Morgan fingerprint density at radius 1 is 1.47 bits per heavy atom. The number of thiophene rings is 1. The van der Waals surface area contributed by atoms with E-state index < -0.39 is 5.97 Å². The molecule has 7 heteroatoms. The van der Waals surface area contributed by atoms with Crippen molar-refractivity contribution < 1.29 is 14.7 Å². The number of aromatic nitrogens is 1. The lowest BCUT2D eigenvalue weighted by Gasteiger charge is -2.09. The van der Waals surface area contributed by atoms with Gasteiger partial charge < -0.3 is 10.4 Å². The lowest BCUT2D eigenvalue weighted by molar-refractivity contribution is 0.0701. The van der Waals surface area contributed by atoms with Crippen molar-refractivity contribution in [3.8, 4) is 0 Å². The number of carbonyl (C=O) groups excluding carboxylic acids is 1. The van der Waals surface area contributed by atoms with Gasteiger partial charge in [-0.05, 0) is 25.3 Å². The van der Waals surface area contributed by atoms with E-state index in [0.29, 0.717) is 15.6 Å². The summed E-state index contributed by atoms with van der Waals surface area (Å²) in [6.07, 6.45) is 0. The molecule has 19 heavy (non-hydrogen) atoms. The second-order valence-corrected chi connectivity index (χ2v) is 5.92. The molecule has 0 saturated carbocycles. The summed E-state index contributed by atoms with van der Waals surface area (Å²) in [6.45, 7) is 3.44. The van der Waals surface area contributed by atoms with Crippen LogP contribution in [0.5, 0.6) is 0 Å². The summed E-state index contributed by atoms with van der Waals surface area (Å²) in [5, 5.41) is 14.2. The van der Waals surface area contributed by atoms with E-state index in [2.05, 4.69) is 10.3 Å². The van der Waals surface area contributed by atoms with Crippen LogP contribution in [0.2, 0.25) is 0 Å². The van der Waals surface area contributed by atoms with Crippen LogP contribution in [-0.2, 0) is 0 Å². The highest BCUT2D eigenvalue weighted by Gasteiger charge is 2.19. The fourth-order valence-corrected chi connectivity index (χ4v) is 3.07. The fraction of sp³-hybridized carbons (Fsp3) is 0.250. The molecule has 100 valence electrons. The minimum absolute atomic E-state index is 0.174. The number of carbonyl (C=O) groups is 2. The van der Waals surface area contributed by atoms with Gasteiger partial charge >= 0.3 is 5.97 Å². The predicted molar refractivity (Wildman–Crippen MR) is 74.0 cm³/mol. The highest BCUT2D eigenvalue weighted by molar-refractivity contribution is 7.13. The molecule has 1 amide bonds. The van der Waals surface area contributed by atoms with Gasteiger partial charge in [0.2, 0.25) is 0 Å². The molecule has 0 spiro atoms. The Kier molecular flexibility index (Phi) is 3.96. The zero-order valence-corrected chi connectivity index (χ0v) is 12.0. The summed E-state index contributed by atoms with van der Waals surface area (Å²) < 4.78 is 0. The van der Waals surface area contributed by atoms with E-state index in [1.807, 2.05) is 5.38 Å². The summed E-state index contributed by atoms with van der Waals surface area (Å²) in [5.41, 5.74) is 0.477. The van der Waals surface area contributed by atoms with Gasteiger partial charge in [0.05, 0.1) is 16.6 Å². The van der Waals surface area contributed by atoms with Crippen molar-refractivity contribution in [2.75, 3.05) is 0 Å². The van der Waals surface area contributed by atoms with Crippen LogP contribution in [0.15, 0.2) is 17.5 Å². The van der Waals surface area contributed by atoms with Gasteiger partial charge in [0, 0.05) is 0 Å². The van der Waals surface area contributed by atoms with Gasteiger partial charge in [-0.2, -0.15) is 0 Å². The number of aryl methyl sites for hydroxylation is 1. The molecule has 0 aromatic carbocycles. The first-order valence-corrected chi connectivity index (χ1v) is 7.23. The second-order valence-electron chi connectivity index (χ2n) is 3.94. The SMILES string of the molecule is Cc1nc(C(C)NC(=O)c2cccs2)sc1C(=O)O. The Morgan fingerprint density at radius 3 is 2.74 bits per heavy atom. The van der Waals surface area contributed by atoms with E-state index in [1.54, 1.807) is 26.0 Å². The van der Waals surface area contributed by atoms with Crippen molar-refractivity contribution in [1.82, 2.24) is 10.3 Å². The van der Waals surface area contributed by atoms with Crippen molar-refractivity contribution >= 4 is 34.6 Å². The van der Waals surface area contributed by atoms with Gasteiger partial charge in [-0.1, -0.05) is 6.07 Å². The summed E-state index contributed by atoms with van der Waals surface area (Å²) in [7, 11) is 0. The predicted octanol–water partition coefficient (Wildman–Crippen LogP) is 2.70. The maximum atomic E-state index is 11.9. The Morgan fingerprint density at radius 2 is 2.21 bits per heavy atom. The van der Waals surface area contributed by atoms with Crippen molar-refractivity contribution in [1.29, 1.82) is 0 Å². The number of aromatic carboxylic acids is 1. The maximum Gasteiger partial charge on any atom is 0.347 e. The largest absolute Gasteiger partial charge is 0.477 e. The van der Waals surface area contributed by atoms with Crippen molar-refractivity contribution in [3.05, 3.63) is 38.0 Å². The molecule has 0 saturated heterocycles. The minimum atomic E-state index is -0.988. The lowest BCUT2D eigenvalue weighted by Crippen LogP contribution is -2.25. The van der Waals surface area contributed by atoms with Crippen LogP contribution in [0.4, 0.5) is 0 Å². The van der Waals surface area contributed by atoms with Gasteiger partial charge in [-0.15, -0.1) is 22.7 Å². The summed E-state index contributed by atoms with van der Waals surface area (Å²) in [5.74, 6) is -1.16. The minimum Gasteiger partial charge on any atom is -0.477 e. The normalized spacial score (nSPS) is 12.1. The molecular weight excluding hydrogens is 284 g/mol. The molecule has 5 nitrogen and oxygen atoms in total. The molecule has 0 aliphatic heterocycles. The molecule has 0 aliphatic carbocycles. The van der Waals surface area contributed by atoms with Gasteiger partial charge in [-0.3, -0.25) is 4.79 Å². The monoisotopic (exact) mass is 296 g/mol. The first-order chi connectivity index (χ1) is 8.99. The lowest BCUT2D eigenvalue weighted by atomic mass is 10.3. The van der Waals surface area contributed by atoms with Crippen molar-refractivity contribution in [2.24, 2.45) is 0 Å². The van der Waals surface area contributed by atoms with Crippen LogP contribution in [0, 0.1) is 6.92 Å².